The van der Waals surface area contributed by atoms with Crippen molar-refractivity contribution < 1.29 is 4.79 Å². The summed E-state index contributed by atoms with van der Waals surface area (Å²) in [4.78, 5) is 12.0. The molecule has 4 heteroatoms. The second kappa shape index (κ2) is 8.89. The molecule has 1 saturated heterocycles. The van der Waals surface area contributed by atoms with Crippen molar-refractivity contribution in [1.82, 2.24) is 10.6 Å². The highest BCUT2D eigenvalue weighted by Crippen LogP contribution is 2.29. The topological polar surface area (TPSA) is 41.1 Å². The molecule has 0 aromatic rings. The Morgan fingerprint density at radius 1 is 1.20 bits per heavy atom. The number of carbonyl (C=O) groups is 1. The van der Waals surface area contributed by atoms with Crippen LogP contribution in [0.4, 0.5) is 0 Å². The molecule has 0 aromatic carbocycles. The van der Waals surface area contributed by atoms with Gasteiger partial charge in [0.25, 0.3) is 0 Å². The molecule has 1 unspecified atom stereocenters. The molecule has 2 N–H and O–H groups in total. The summed E-state index contributed by atoms with van der Waals surface area (Å²) >= 11 is 0. The first-order chi connectivity index (χ1) is 9.15. The molecule has 20 heavy (non-hydrogen) atoms. The molecule has 1 amide bonds. The van der Waals surface area contributed by atoms with Crippen molar-refractivity contribution in [2.45, 2.75) is 64.8 Å². The van der Waals surface area contributed by atoms with E-state index in [-0.39, 0.29) is 18.3 Å². The second-order valence-corrected chi connectivity index (χ2v) is 6.82. The van der Waals surface area contributed by atoms with Crippen LogP contribution >= 0.6 is 12.4 Å². The molecule has 2 aliphatic rings. The number of hydrogen-bond acceptors (Lipinski definition) is 2. The molecule has 1 saturated carbocycles. The summed E-state index contributed by atoms with van der Waals surface area (Å²) in [6.07, 6.45) is 7.95. The largest absolute Gasteiger partial charge is 0.353 e. The predicted molar refractivity (Wildman–Crippen MR) is 86.2 cm³/mol. The van der Waals surface area contributed by atoms with E-state index in [1.807, 2.05) is 0 Å². The molecule has 2 rings (SSSR count). The van der Waals surface area contributed by atoms with E-state index in [4.69, 9.17) is 0 Å². The number of halogens is 1. The van der Waals surface area contributed by atoms with Crippen LogP contribution in [0.2, 0.25) is 0 Å². The standard InChI is InChI=1S/C16H30N2O.ClH/c1-12(2)14-4-6-15(7-5-14)18-16(19)8-3-13-9-10-17-11-13;/h12-15,17H,3-11H2,1-2H3,(H,18,19);1H. The van der Waals surface area contributed by atoms with Crippen LogP contribution in [0, 0.1) is 17.8 Å². The van der Waals surface area contributed by atoms with E-state index >= 15 is 0 Å². The van der Waals surface area contributed by atoms with Crippen LogP contribution in [0.3, 0.4) is 0 Å². The van der Waals surface area contributed by atoms with Crippen molar-refractivity contribution in [1.29, 1.82) is 0 Å². The van der Waals surface area contributed by atoms with Gasteiger partial charge in [-0.2, -0.15) is 0 Å². The van der Waals surface area contributed by atoms with E-state index in [0.717, 1.165) is 43.7 Å². The molecule has 118 valence electrons. The zero-order valence-electron chi connectivity index (χ0n) is 13.0. The van der Waals surface area contributed by atoms with Crippen LogP contribution in [0.5, 0.6) is 0 Å². The van der Waals surface area contributed by atoms with Gasteiger partial charge in [0.05, 0.1) is 0 Å². The normalized spacial score (nSPS) is 30.1. The fourth-order valence-corrected chi connectivity index (χ4v) is 3.53. The number of amides is 1. The van der Waals surface area contributed by atoms with Crippen LogP contribution in [-0.2, 0) is 4.79 Å². The van der Waals surface area contributed by atoms with Gasteiger partial charge in [0.15, 0.2) is 0 Å². The molecule has 0 spiro atoms. The lowest BCUT2D eigenvalue weighted by Gasteiger charge is -2.31. The van der Waals surface area contributed by atoms with Crippen molar-refractivity contribution in [3.63, 3.8) is 0 Å². The molecule has 0 radical (unpaired) electrons. The highest BCUT2D eigenvalue weighted by molar-refractivity contribution is 5.85. The SMILES string of the molecule is CC(C)C1CCC(NC(=O)CCC2CCNC2)CC1.Cl. The average Bonchev–Trinajstić information content (AvgIpc) is 2.90. The van der Waals surface area contributed by atoms with Gasteiger partial charge in [-0.05, 0) is 69.4 Å². The first kappa shape index (κ1) is 17.8. The van der Waals surface area contributed by atoms with E-state index in [2.05, 4.69) is 24.5 Å². The Bertz CT molecular complexity index is 282. The van der Waals surface area contributed by atoms with Gasteiger partial charge in [0.1, 0.15) is 0 Å². The van der Waals surface area contributed by atoms with Crippen molar-refractivity contribution in [3.8, 4) is 0 Å². The lowest BCUT2D eigenvalue weighted by Crippen LogP contribution is -2.38. The van der Waals surface area contributed by atoms with E-state index < -0.39 is 0 Å². The summed E-state index contributed by atoms with van der Waals surface area (Å²) in [5.74, 6) is 2.67. The molecular formula is C16H31ClN2O. The van der Waals surface area contributed by atoms with E-state index in [0.29, 0.717) is 6.04 Å². The summed E-state index contributed by atoms with van der Waals surface area (Å²) in [6, 6.07) is 0.448. The molecule has 1 aliphatic carbocycles. The Morgan fingerprint density at radius 2 is 1.90 bits per heavy atom. The minimum absolute atomic E-state index is 0. The van der Waals surface area contributed by atoms with E-state index in [1.165, 1.54) is 32.1 Å². The van der Waals surface area contributed by atoms with Gasteiger partial charge in [-0.1, -0.05) is 13.8 Å². The summed E-state index contributed by atoms with van der Waals surface area (Å²) < 4.78 is 0. The van der Waals surface area contributed by atoms with Gasteiger partial charge in [0, 0.05) is 12.5 Å². The monoisotopic (exact) mass is 302 g/mol. The summed E-state index contributed by atoms with van der Waals surface area (Å²) in [7, 11) is 0. The molecule has 1 atom stereocenters. The third-order valence-electron chi connectivity index (χ3n) is 5.02. The Kier molecular flexibility index (Phi) is 7.90. The fraction of sp³-hybridized carbons (Fsp3) is 0.938. The van der Waals surface area contributed by atoms with Crippen molar-refractivity contribution in [2.24, 2.45) is 17.8 Å². The number of rotatable bonds is 5. The van der Waals surface area contributed by atoms with Gasteiger partial charge in [0.2, 0.25) is 5.91 Å². The summed E-state index contributed by atoms with van der Waals surface area (Å²) in [5, 5.41) is 6.60. The van der Waals surface area contributed by atoms with Crippen LogP contribution < -0.4 is 10.6 Å². The maximum Gasteiger partial charge on any atom is 0.220 e. The van der Waals surface area contributed by atoms with Crippen LogP contribution in [0.1, 0.15) is 58.8 Å². The average molecular weight is 303 g/mol. The van der Waals surface area contributed by atoms with Crippen molar-refractivity contribution in [3.05, 3.63) is 0 Å². The third kappa shape index (κ3) is 5.61. The van der Waals surface area contributed by atoms with Gasteiger partial charge in [-0.25, -0.2) is 0 Å². The number of carbonyl (C=O) groups excluding carboxylic acids is 1. The quantitative estimate of drug-likeness (QED) is 0.819. The smallest absolute Gasteiger partial charge is 0.220 e. The first-order valence-corrected chi connectivity index (χ1v) is 8.15. The number of nitrogens with one attached hydrogen (secondary N) is 2. The zero-order valence-corrected chi connectivity index (χ0v) is 13.8. The highest BCUT2D eigenvalue weighted by atomic mass is 35.5. The fourth-order valence-electron chi connectivity index (χ4n) is 3.53. The van der Waals surface area contributed by atoms with Gasteiger partial charge >= 0.3 is 0 Å². The summed E-state index contributed by atoms with van der Waals surface area (Å²) in [5.41, 5.74) is 0. The Balaban J connectivity index is 0.00000200. The maximum atomic E-state index is 12.0. The minimum Gasteiger partial charge on any atom is -0.353 e. The van der Waals surface area contributed by atoms with Gasteiger partial charge < -0.3 is 10.6 Å². The number of hydrogen-bond donors (Lipinski definition) is 2. The lowest BCUT2D eigenvalue weighted by molar-refractivity contribution is -0.122. The van der Waals surface area contributed by atoms with Crippen LogP contribution in [-0.4, -0.2) is 25.0 Å². The molecule has 3 nitrogen and oxygen atoms in total. The van der Waals surface area contributed by atoms with Crippen LogP contribution in [0.25, 0.3) is 0 Å². The van der Waals surface area contributed by atoms with E-state index in [1.54, 1.807) is 0 Å². The highest BCUT2D eigenvalue weighted by Gasteiger charge is 2.24. The third-order valence-corrected chi connectivity index (χ3v) is 5.02. The van der Waals surface area contributed by atoms with Crippen molar-refractivity contribution in [2.75, 3.05) is 13.1 Å². The molecule has 1 aliphatic heterocycles. The zero-order chi connectivity index (χ0) is 13.7. The van der Waals surface area contributed by atoms with Gasteiger partial charge in [-0.15, -0.1) is 12.4 Å². The molecule has 0 bridgehead atoms. The van der Waals surface area contributed by atoms with Crippen molar-refractivity contribution >= 4 is 18.3 Å². The Labute approximate surface area is 130 Å². The molecule has 1 heterocycles. The van der Waals surface area contributed by atoms with Crippen LogP contribution in [0.15, 0.2) is 0 Å². The molecule has 2 fully saturated rings. The maximum absolute atomic E-state index is 12.0. The first-order valence-electron chi connectivity index (χ1n) is 8.15. The Morgan fingerprint density at radius 3 is 2.45 bits per heavy atom. The lowest BCUT2D eigenvalue weighted by atomic mass is 9.79. The summed E-state index contributed by atoms with van der Waals surface area (Å²) in [6.45, 7) is 6.87. The minimum atomic E-state index is 0. The molecular weight excluding hydrogens is 272 g/mol. The molecule has 0 aromatic heterocycles. The predicted octanol–water partition coefficient (Wildman–Crippen LogP) is 3.13. The van der Waals surface area contributed by atoms with Gasteiger partial charge in [-0.3, -0.25) is 4.79 Å². The second-order valence-electron chi connectivity index (χ2n) is 6.82. The van der Waals surface area contributed by atoms with E-state index in [9.17, 15) is 4.79 Å². The Hall–Kier alpha value is -0.280.